The second-order valence-corrected chi connectivity index (χ2v) is 7.38. The third-order valence-electron chi connectivity index (χ3n) is 2.79. The van der Waals surface area contributed by atoms with Crippen LogP contribution in [0.2, 0.25) is 0 Å². The molecule has 1 aliphatic rings. The summed E-state index contributed by atoms with van der Waals surface area (Å²) in [5, 5.41) is 9.67. The Morgan fingerprint density at radius 2 is 1.94 bits per heavy atom. The predicted molar refractivity (Wildman–Crippen MR) is 64.7 cm³/mol. The maximum absolute atomic E-state index is 12.0. The second-order valence-electron chi connectivity index (χ2n) is 5.29. The molecule has 1 fully saturated rings. The summed E-state index contributed by atoms with van der Waals surface area (Å²) in [4.78, 5) is 0. The average molecular weight is 249 g/mol. The van der Waals surface area contributed by atoms with E-state index in [1.165, 1.54) is 17.1 Å². The molecule has 0 spiro atoms. The zero-order valence-electron chi connectivity index (χ0n) is 10.4. The number of likely N-dealkylation sites (N-methyl/N-ethyl adjacent to an activating group) is 1. The van der Waals surface area contributed by atoms with Gasteiger partial charge in [0.05, 0.1) is 11.4 Å². The van der Waals surface area contributed by atoms with Gasteiger partial charge >= 0.3 is 0 Å². The highest BCUT2D eigenvalue weighted by Gasteiger charge is 2.29. The molecule has 0 atom stereocenters. The zero-order valence-corrected chi connectivity index (χ0v) is 11.3. The Hall–Kier alpha value is -0.130. The van der Waals surface area contributed by atoms with Gasteiger partial charge in [-0.25, -0.2) is 8.42 Å². The van der Waals surface area contributed by atoms with Gasteiger partial charge in [-0.15, -0.1) is 0 Å². The third-order valence-corrected chi connectivity index (χ3v) is 4.72. The molecule has 0 aromatic heterocycles. The van der Waals surface area contributed by atoms with Gasteiger partial charge < -0.3 is 5.11 Å². The van der Waals surface area contributed by atoms with Crippen molar-refractivity contribution in [3.05, 3.63) is 0 Å². The fourth-order valence-electron chi connectivity index (χ4n) is 1.69. The highest BCUT2D eigenvalue weighted by atomic mass is 32.2. The molecule has 0 heterocycles. The van der Waals surface area contributed by atoms with E-state index in [0.29, 0.717) is 12.5 Å². The maximum atomic E-state index is 12.0. The van der Waals surface area contributed by atoms with Gasteiger partial charge in [0.15, 0.2) is 0 Å². The van der Waals surface area contributed by atoms with Crippen LogP contribution in [-0.2, 0) is 10.0 Å². The lowest BCUT2D eigenvalue weighted by Gasteiger charge is -2.27. The molecule has 1 N–H and O–H groups in total. The van der Waals surface area contributed by atoms with Crippen molar-refractivity contribution in [2.45, 2.75) is 45.6 Å². The number of sulfonamides is 1. The number of aliphatic hydroxyl groups is 1. The van der Waals surface area contributed by atoms with Crippen LogP contribution in [-0.4, -0.2) is 42.3 Å². The first kappa shape index (κ1) is 13.9. The summed E-state index contributed by atoms with van der Waals surface area (Å²) < 4.78 is 25.4. The largest absolute Gasteiger partial charge is 0.389 e. The third kappa shape index (κ3) is 4.80. The molecule has 0 saturated heterocycles. The Balaban J connectivity index is 2.54. The molecular weight excluding hydrogens is 226 g/mol. The summed E-state index contributed by atoms with van der Waals surface area (Å²) in [6.45, 7) is 5.67. The van der Waals surface area contributed by atoms with Crippen molar-refractivity contribution in [1.82, 2.24) is 4.31 Å². The monoisotopic (exact) mass is 249 g/mol. The summed E-state index contributed by atoms with van der Waals surface area (Å²) in [5.41, 5.74) is -0.970. The first-order valence-electron chi connectivity index (χ1n) is 5.95. The van der Waals surface area contributed by atoms with E-state index in [1.807, 2.05) is 0 Å². The molecule has 1 saturated carbocycles. The van der Waals surface area contributed by atoms with Gasteiger partial charge in [0.1, 0.15) is 0 Å². The van der Waals surface area contributed by atoms with Crippen molar-refractivity contribution in [2.75, 3.05) is 18.8 Å². The van der Waals surface area contributed by atoms with E-state index in [2.05, 4.69) is 0 Å². The lowest BCUT2D eigenvalue weighted by molar-refractivity contribution is 0.0601. The highest BCUT2D eigenvalue weighted by Crippen LogP contribution is 2.32. The standard InChI is InChI=1S/C11H23NO3S/c1-4-12(9-11(2,3)13)16(14,15)8-7-10-5-6-10/h10,13H,4-9H2,1-3H3. The normalized spacial score (nSPS) is 18.1. The van der Waals surface area contributed by atoms with E-state index in [0.717, 1.165) is 6.42 Å². The van der Waals surface area contributed by atoms with Crippen LogP contribution >= 0.6 is 0 Å². The molecule has 16 heavy (non-hydrogen) atoms. The molecule has 0 aromatic carbocycles. The minimum atomic E-state index is -3.19. The van der Waals surface area contributed by atoms with Crippen LogP contribution in [0, 0.1) is 5.92 Å². The van der Waals surface area contributed by atoms with Crippen LogP contribution in [0.1, 0.15) is 40.0 Å². The minimum Gasteiger partial charge on any atom is -0.389 e. The van der Waals surface area contributed by atoms with E-state index in [-0.39, 0.29) is 12.3 Å². The molecule has 1 rings (SSSR count). The summed E-state index contributed by atoms with van der Waals surface area (Å²) in [6, 6.07) is 0. The molecule has 0 radical (unpaired) electrons. The molecular formula is C11H23NO3S. The number of hydrogen-bond acceptors (Lipinski definition) is 3. The van der Waals surface area contributed by atoms with E-state index in [9.17, 15) is 13.5 Å². The molecule has 1 aliphatic carbocycles. The van der Waals surface area contributed by atoms with Gasteiger partial charge in [0, 0.05) is 13.1 Å². The molecule has 0 aromatic rings. The molecule has 4 nitrogen and oxygen atoms in total. The Kier molecular flexibility index (Phi) is 4.37. The Labute approximate surface area is 98.7 Å². The van der Waals surface area contributed by atoms with Gasteiger partial charge in [-0.1, -0.05) is 19.8 Å². The quantitative estimate of drug-likeness (QED) is 0.738. The average Bonchev–Trinajstić information content (AvgIpc) is 2.93. The fraction of sp³-hybridized carbons (Fsp3) is 1.00. The van der Waals surface area contributed by atoms with Crippen molar-refractivity contribution in [1.29, 1.82) is 0 Å². The van der Waals surface area contributed by atoms with Crippen LogP contribution in [0.15, 0.2) is 0 Å². The number of rotatable bonds is 7. The van der Waals surface area contributed by atoms with Gasteiger partial charge in [-0.05, 0) is 26.2 Å². The van der Waals surface area contributed by atoms with Crippen LogP contribution in [0.3, 0.4) is 0 Å². The molecule has 0 unspecified atom stereocenters. The first-order chi connectivity index (χ1) is 7.24. The SMILES string of the molecule is CCN(CC(C)(C)O)S(=O)(=O)CCC1CC1. The summed E-state index contributed by atoms with van der Waals surface area (Å²) in [7, 11) is -3.19. The summed E-state index contributed by atoms with van der Waals surface area (Å²) >= 11 is 0. The van der Waals surface area contributed by atoms with Crippen LogP contribution in [0.4, 0.5) is 0 Å². The number of nitrogens with zero attached hydrogens (tertiary/aromatic N) is 1. The molecule has 5 heteroatoms. The van der Waals surface area contributed by atoms with E-state index in [4.69, 9.17) is 0 Å². The van der Waals surface area contributed by atoms with Gasteiger partial charge in [-0.2, -0.15) is 4.31 Å². The molecule has 0 amide bonds. The van der Waals surface area contributed by atoms with Gasteiger partial charge in [0.2, 0.25) is 10.0 Å². The maximum Gasteiger partial charge on any atom is 0.214 e. The molecule has 0 aliphatic heterocycles. The van der Waals surface area contributed by atoms with E-state index < -0.39 is 15.6 Å². The Morgan fingerprint density at radius 3 is 2.31 bits per heavy atom. The van der Waals surface area contributed by atoms with Gasteiger partial charge in [0.25, 0.3) is 0 Å². The first-order valence-corrected chi connectivity index (χ1v) is 7.56. The van der Waals surface area contributed by atoms with Gasteiger partial charge in [-0.3, -0.25) is 0 Å². The fourth-order valence-corrected chi connectivity index (χ4v) is 3.49. The van der Waals surface area contributed by atoms with Crippen LogP contribution in [0.25, 0.3) is 0 Å². The molecule has 96 valence electrons. The predicted octanol–water partition coefficient (Wildman–Crippen LogP) is 1.21. The summed E-state index contributed by atoms with van der Waals surface area (Å²) in [6.07, 6.45) is 3.12. The Morgan fingerprint density at radius 1 is 1.38 bits per heavy atom. The minimum absolute atomic E-state index is 0.177. The zero-order chi connectivity index (χ0) is 12.4. The second kappa shape index (κ2) is 5.02. The van der Waals surface area contributed by atoms with Crippen molar-refractivity contribution in [2.24, 2.45) is 5.92 Å². The smallest absolute Gasteiger partial charge is 0.214 e. The van der Waals surface area contributed by atoms with Crippen molar-refractivity contribution < 1.29 is 13.5 Å². The van der Waals surface area contributed by atoms with Crippen LogP contribution in [0.5, 0.6) is 0 Å². The highest BCUT2D eigenvalue weighted by molar-refractivity contribution is 7.89. The van der Waals surface area contributed by atoms with Crippen molar-refractivity contribution in [3.8, 4) is 0 Å². The number of hydrogen-bond donors (Lipinski definition) is 1. The Bertz CT molecular complexity index is 315. The lowest BCUT2D eigenvalue weighted by atomic mass is 10.1. The van der Waals surface area contributed by atoms with Crippen molar-refractivity contribution >= 4 is 10.0 Å². The molecule has 0 bridgehead atoms. The van der Waals surface area contributed by atoms with Crippen LogP contribution < -0.4 is 0 Å². The van der Waals surface area contributed by atoms with E-state index >= 15 is 0 Å². The van der Waals surface area contributed by atoms with E-state index in [1.54, 1.807) is 20.8 Å². The summed E-state index contributed by atoms with van der Waals surface area (Å²) in [5.74, 6) is 0.845. The topological polar surface area (TPSA) is 57.6 Å². The lowest BCUT2D eigenvalue weighted by Crippen LogP contribution is -2.43. The van der Waals surface area contributed by atoms with Crippen molar-refractivity contribution in [3.63, 3.8) is 0 Å².